The highest BCUT2D eigenvalue weighted by molar-refractivity contribution is 6.05. The molecule has 6 nitrogen and oxygen atoms in total. The van der Waals surface area contributed by atoms with Gasteiger partial charge in [-0.3, -0.25) is 14.4 Å². The van der Waals surface area contributed by atoms with Crippen LogP contribution in [0.3, 0.4) is 0 Å². The van der Waals surface area contributed by atoms with Gasteiger partial charge in [-0.1, -0.05) is 19.9 Å². The van der Waals surface area contributed by atoms with Gasteiger partial charge >= 0.3 is 5.97 Å². The predicted molar refractivity (Wildman–Crippen MR) is 104 cm³/mol. The van der Waals surface area contributed by atoms with Crippen molar-refractivity contribution in [2.75, 3.05) is 5.32 Å². The van der Waals surface area contributed by atoms with Crippen molar-refractivity contribution in [2.24, 2.45) is 5.92 Å². The van der Waals surface area contributed by atoms with Gasteiger partial charge in [-0.2, -0.15) is 0 Å². The maximum atomic E-state index is 13.0. The van der Waals surface area contributed by atoms with E-state index < -0.39 is 29.1 Å². The molecule has 2 amide bonds. The first-order valence-corrected chi connectivity index (χ1v) is 8.82. The Hall–Kier alpha value is -3.22. The van der Waals surface area contributed by atoms with Gasteiger partial charge in [0.05, 0.1) is 12.0 Å². The van der Waals surface area contributed by atoms with E-state index >= 15 is 0 Å². The van der Waals surface area contributed by atoms with Gasteiger partial charge in [-0.05, 0) is 55.3 Å². The smallest absolute Gasteiger partial charge is 0.305 e. The quantitative estimate of drug-likeness (QED) is 0.676. The Kier molecular flexibility index (Phi) is 6.51. The normalized spacial score (nSPS) is 12.9. The SMILES string of the molecule is CC(C)C(C)(CC(=O)O)NC(=O)c1cccc(NC(=O)c2ccc(F)cc2)c1. The molecule has 0 aliphatic rings. The van der Waals surface area contributed by atoms with Crippen molar-refractivity contribution >= 4 is 23.5 Å². The molecule has 0 spiro atoms. The molecule has 3 N–H and O–H groups in total. The summed E-state index contributed by atoms with van der Waals surface area (Å²) in [6, 6.07) is 11.4. The zero-order chi connectivity index (χ0) is 20.9. The lowest BCUT2D eigenvalue weighted by atomic mass is 9.85. The van der Waals surface area contributed by atoms with Gasteiger partial charge in [-0.15, -0.1) is 0 Å². The minimum Gasteiger partial charge on any atom is -0.481 e. The van der Waals surface area contributed by atoms with Crippen LogP contribution in [0.15, 0.2) is 48.5 Å². The van der Waals surface area contributed by atoms with E-state index in [1.165, 1.54) is 30.3 Å². The molecule has 28 heavy (non-hydrogen) atoms. The molecular weight excluding hydrogens is 363 g/mol. The molecule has 0 saturated carbocycles. The average Bonchev–Trinajstić information content (AvgIpc) is 2.61. The third-order valence-corrected chi connectivity index (χ3v) is 4.68. The maximum absolute atomic E-state index is 13.0. The number of nitrogens with one attached hydrogen (secondary N) is 2. The molecule has 2 aromatic rings. The number of carbonyl (C=O) groups excluding carboxylic acids is 2. The Labute approximate surface area is 162 Å². The third kappa shape index (κ3) is 5.39. The van der Waals surface area contributed by atoms with E-state index in [4.69, 9.17) is 5.11 Å². The summed E-state index contributed by atoms with van der Waals surface area (Å²) in [5.74, 6) is -2.42. The van der Waals surface area contributed by atoms with Crippen LogP contribution in [0.2, 0.25) is 0 Å². The van der Waals surface area contributed by atoms with E-state index in [2.05, 4.69) is 10.6 Å². The largest absolute Gasteiger partial charge is 0.481 e. The monoisotopic (exact) mass is 386 g/mol. The first-order valence-electron chi connectivity index (χ1n) is 8.82. The summed E-state index contributed by atoms with van der Waals surface area (Å²) in [5, 5.41) is 14.6. The highest BCUT2D eigenvalue weighted by Gasteiger charge is 2.33. The molecule has 7 heteroatoms. The summed E-state index contributed by atoms with van der Waals surface area (Å²) < 4.78 is 13.0. The van der Waals surface area contributed by atoms with E-state index in [-0.39, 0.29) is 23.5 Å². The number of aliphatic carboxylic acids is 1. The van der Waals surface area contributed by atoms with E-state index in [1.54, 1.807) is 25.1 Å². The summed E-state index contributed by atoms with van der Waals surface area (Å²) in [7, 11) is 0. The molecule has 0 radical (unpaired) electrons. The molecule has 2 aromatic carbocycles. The number of hydrogen-bond acceptors (Lipinski definition) is 3. The maximum Gasteiger partial charge on any atom is 0.305 e. The molecule has 0 fully saturated rings. The Bertz CT molecular complexity index is 880. The lowest BCUT2D eigenvalue weighted by molar-refractivity contribution is -0.138. The lowest BCUT2D eigenvalue weighted by Gasteiger charge is -2.33. The summed E-state index contributed by atoms with van der Waals surface area (Å²) in [4.78, 5) is 36.0. The van der Waals surface area contributed by atoms with Crippen molar-refractivity contribution in [3.8, 4) is 0 Å². The second kappa shape index (κ2) is 8.65. The average molecular weight is 386 g/mol. The summed E-state index contributed by atoms with van der Waals surface area (Å²) >= 11 is 0. The fraction of sp³-hybridized carbons (Fsp3) is 0.286. The minimum absolute atomic E-state index is 0.103. The molecule has 1 atom stereocenters. The zero-order valence-electron chi connectivity index (χ0n) is 16.0. The Morgan fingerprint density at radius 1 is 1.04 bits per heavy atom. The highest BCUT2D eigenvalue weighted by Crippen LogP contribution is 2.22. The standard InChI is InChI=1S/C21H23FN2O4/c1-13(2)21(3,12-18(25)26)24-20(28)15-5-4-6-17(11-15)23-19(27)14-7-9-16(22)10-8-14/h4-11,13H,12H2,1-3H3,(H,23,27)(H,24,28)(H,25,26). The molecule has 0 saturated heterocycles. The van der Waals surface area contributed by atoms with Gasteiger partial charge < -0.3 is 15.7 Å². The number of halogens is 1. The van der Waals surface area contributed by atoms with Crippen molar-refractivity contribution in [1.29, 1.82) is 0 Å². The molecular formula is C21H23FN2O4. The van der Waals surface area contributed by atoms with Crippen molar-refractivity contribution in [3.63, 3.8) is 0 Å². The van der Waals surface area contributed by atoms with Crippen LogP contribution in [0.5, 0.6) is 0 Å². The second-order valence-corrected chi connectivity index (χ2v) is 7.14. The van der Waals surface area contributed by atoms with Crippen molar-refractivity contribution in [2.45, 2.75) is 32.7 Å². The predicted octanol–water partition coefficient (Wildman–Crippen LogP) is 3.70. The van der Waals surface area contributed by atoms with Crippen LogP contribution >= 0.6 is 0 Å². The van der Waals surface area contributed by atoms with E-state index in [0.29, 0.717) is 5.69 Å². The number of hydrogen-bond donors (Lipinski definition) is 3. The molecule has 148 valence electrons. The number of amides is 2. The number of rotatable bonds is 7. The molecule has 1 unspecified atom stereocenters. The first-order chi connectivity index (χ1) is 13.1. The van der Waals surface area contributed by atoms with Crippen molar-refractivity contribution in [3.05, 3.63) is 65.5 Å². The van der Waals surface area contributed by atoms with Crippen LogP contribution in [-0.2, 0) is 4.79 Å². The van der Waals surface area contributed by atoms with Gasteiger partial charge in [0.1, 0.15) is 5.82 Å². The van der Waals surface area contributed by atoms with Gasteiger partial charge in [-0.25, -0.2) is 4.39 Å². The van der Waals surface area contributed by atoms with Crippen LogP contribution in [0, 0.1) is 11.7 Å². The fourth-order valence-electron chi connectivity index (χ4n) is 2.58. The Balaban J connectivity index is 2.15. The third-order valence-electron chi connectivity index (χ3n) is 4.68. The minimum atomic E-state index is -1.00. The van der Waals surface area contributed by atoms with Crippen molar-refractivity contribution < 1.29 is 23.9 Å². The summed E-state index contributed by atoms with van der Waals surface area (Å²) in [5.41, 5.74) is 0.0433. The number of carbonyl (C=O) groups is 3. The first kappa shape index (κ1) is 21.1. The lowest BCUT2D eigenvalue weighted by Crippen LogP contribution is -2.51. The van der Waals surface area contributed by atoms with Crippen LogP contribution < -0.4 is 10.6 Å². The van der Waals surface area contributed by atoms with Crippen molar-refractivity contribution in [1.82, 2.24) is 5.32 Å². The Morgan fingerprint density at radius 2 is 1.68 bits per heavy atom. The van der Waals surface area contributed by atoms with Gasteiger partial charge in [0.2, 0.25) is 0 Å². The topological polar surface area (TPSA) is 95.5 Å². The number of anilines is 1. The highest BCUT2D eigenvalue weighted by atomic mass is 19.1. The zero-order valence-corrected chi connectivity index (χ0v) is 16.0. The second-order valence-electron chi connectivity index (χ2n) is 7.14. The van der Waals surface area contributed by atoms with E-state index in [1.807, 2.05) is 13.8 Å². The molecule has 0 aromatic heterocycles. The van der Waals surface area contributed by atoms with Gasteiger partial charge in [0, 0.05) is 16.8 Å². The molecule has 0 heterocycles. The van der Waals surface area contributed by atoms with E-state index in [0.717, 1.165) is 0 Å². The Morgan fingerprint density at radius 3 is 2.25 bits per heavy atom. The molecule has 0 aliphatic carbocycles. The van der Waals surface area contributed by atoms with Crippen LogP contribution in [0.4, 0.5) is 10.1 Å². The summed E-state index contributed by atoms with van der Waals surface area (Å²) in [6.07, 6.45) is -0.211. The fourth-order valence-corrected chi connectivity index (χ4v) is 2.58. The number of benzene rings is 2. The summed E-state index contributed by atoms with van der Waals surface area (Å²) in [6.45, 7) is 5.36. The molecule has 0 bridgehead atoms. The van der Waals surface area contributed by atoms with Crippen LogP contribution in [-0.4, -0.2) is 28.4 Å². The number of carboxylic acid groups (broad SMARTS) is 1. The van der Waals surface area contributed by atoms with Gasteiger partial charge in [0.25, 0.3) is 11.8 Å². The molecule has 2 rings (SSSR count). The van der Waals surface area contributed by atoms with Gasteiger partial charge in [0.15, 0.2) is 0 Å². The van der Waals surface area contributed by atoms with E-state index in [9.17, 15) is 18.8 Å². The van der Waals surface area contributed by atoms with Crippen LogP contribution in [0.1, 0.15) is 47.9 Å². The molecule has 0 aliphatic heterocycles. The van der Waals surface area contributed by atoms with Crippen LogP contribution in [0.25, 0.3) is 0 Å². The number of carboxylic acids is 1.